The zero-order valence-electron chi connectivity index (χ0n) is 19.3. The van der Waals surface area contributed by atoms with Crippen molar-refractivity contribution in [2.75, 3.05) is 10.6 Å². The Morgan fingerprint density at radius 2 is 1.69 bits per heavy atom. The summed E-state index contributed by atoms with van der Waals surface area (Å²) in [6.45, 7) is 2.81. The van der Waals surface area contributed by atoms with E-state index >= 15 is 0 Å². The van der Waals surface area contributed by atoms with Crippen molar-refractivity contribution in [1.29, 1.82) is 0 Å². The van der Waals surface area contributed by atoms with Gasteiger partial charge in [0.05, 0.1) is 4.90 Å². The molecule has 0 aliphatic heterocycles. The van der Waals surface area contributed by atoms with Crippen LogP contribution in [0.15, 0.2) is 59.5 Å². The highest BCUT2D eigenvalue weighted by molar-refractivity contribution is 7.89. The zero-order chi connectivity index (χ0) is 26.3. The molecule has 0 unspecified atom stereocenters. The van der Waals surface area contributed by atoms with E-state index in [-0.39, 0.29) is 22.4 Å². The molecule has 5 N–H and O–H groups in total. The predicted molar refractivity (Wildman–Crippen MR) is 139 cm³/mol. The normalized spacial score (nSPS) is 12.8. The molecule has 0 spiro atoms. The van der Waals surface area contributed by atoms with Gasteiger partial charge >= 0.3 is 0 Å². The molecule has 36 heavy (non-hydrogen) atoms. The molecule has 0 fully saturated rings. The summed E-state index contributed by atoms with van der Waals surface area (Å²) in [5.41, 5.74) is 1.15. The number of anilines is 2. The Kier molecular flexibility index (Phi) is 9.03. The largest absolute Gasteiger partial charge is 0.343 e. The molecular formula is C22H24N6O5S3. The summed E-state index contributed by atoms with van der Waals surface area (Å²) < 4.78 is 28.9. The second-order valence-corrected chi connectivity index (χ2v) is 11.1. The van der Waals surface area contributed by atoms with E-state index in [4.69, 9.17) is 12.2 Å². The molecule has 3 amide bonds. The van der Waals surface area contributed by atoms with Gasteiger partial charge in [0.25, 0.3) is 0 Å². The lowest BCUT2D eigenvalue weighted by Crippen LogP contribution is -2.52. The lowest BCUT2D eigenvalue weighted by molar-refractivity contribution is -0.127. The van der Waals surface area contributed by atoms with Crippen molar-refractivity contribution in [2.24, 2.45) is 0 Å². The first-order valence-corrected chi connectivity index (χ1v) is 13.3. The van der Waals surface area contributed by atoms with Crippen LogP contribution in [0.1, 0.15) is 19.4 Å². The van der Waals surface area contributed by atoms with E-state index in [1.165, 1.54) is 38.1 Å². The molecule has 14 heteroatoms. The van der Waals surface area contributed by atoms with E-state index in [2.05, 4.69) is 30.9 Å². The highest BCUT2D eigenvalue weighted by Gasteiger charge is 2.28. The van der Waals surface area contributed by atoms with Gasteiger partial charge in [-0.05, 0) is 55.4 Å². The fourth-order valence-electron chi connectivity index (χ4n) is 3.09. The van der Waals surface area contributed by atoms with Crippen molar-refractivity contribution in [3.8, 4) is 0 Å². The first-order valence-electron chi connectivity index (χ1n) is 10.6. The molecular weight excluding hydrogens is 524 g/mol. The molecule has 0 aliphatic rings. The monoisotopic (exact) mass is 548 g/mol. The van der Waals surface area contributed by atoms with Gasteiger partial charge in [-0.15, -0.1) is 5.10 Å². The molecule has 0 saturated carbocycles. The second kappa shape index (κ2) is 12.0. The maximum atomic E-state index is 13.1. The smallest absolute Gasteiger partial charge is 0.248 e. The molecule has 190 valence electrons. The Hall–Kier alpha value is -3.46. The van der Waals surface area contributed by atoms with Gasteiger partial charge in [-0.1, -0.05) is 41.7 Å². The van der Waals surface area contributed by atoms with Crippen LogP contribution in [0.4, 0.5) is 10.8 Å². The number of hydrogen-bond donors (Lipinski definition) is 5. The minimum atomic E-state index is -4.12. The van der Waals surface area contributed by atoms with Gasteiger partial charge in [0, 0.05) is 12.6 Å². The molecule has 0 saturated heterocycles. The number of aromatic nitrogens is 2. The highest BCUT2D eigenvalue weighted by Crippen LogP contribution is 2.16. The van der Waals surface area contributed by atoms with Gasteiger partial charge in [-0.3, -0.25) is 24.8 Å². The Morgan fingerprint density at radius 1 is 1.03 bits per heavy atom. The Labute approximate surface area is 216 Å². The third kappa shape index (κ3) is 7.78. The number of nitrogens with zero attached hydrogens (tertiary/aromatic N) is 1. The molecule has 3 aromatic rings. The maximum absolute atomic E-state index is 13.1. The van der Waals surface area contributed by atoms with Gasteiger partial charge < -0.3 is 10.6 Å². The van der Waals surface area contributed by atoms with Crippen molar-refractivity contribution in [2.45, 2.75) is 37.2 Å². The predicted octanol–water partition coefficient (Wildman–Crippen LogP) is 2.19. The SMILES string of the molecule is CC(=O)Nc1ccc(S(=O)(=O)N[C@@H](Cc2ccccc2)C(=O)N[C@@H](C)C(=O)Nc2n[nH]c(=S)s2)cc1. The summed E-state index contributed by atoms with van der Waals surface area (Å²) in [5.74, 6) is -1.52. The van der Waals surface area contributed by atoms with Gasteiger partial charge in [0.2, 0.25) is 32.9 Å². The number of H-pyrrole nitrogens is 1. The summed E-state index contributed by atoms with van der Waals surface area (Å²) in [5, 5.41) is 14.3. The second-order valence-electron chi connectivity index (χ2n) is 7.71. The number of aromatic amines is 1. The lowest BCUT2D eigenvalue weighted by Gasteiger charge is -2.21. The average Bonchev–Trinajstić information content (AvgIpc) is 3.23. The third-order valence-corrected chi connectivity index (χ3v) is 7.29. The van der Waals surface area contributed by atoms with E-state index in [9.17, 15) is 22.8 Å². The minimum Gasteiger partial charge on any atom is -0.343 e. The first kappa shape index (κ1) is 27.1. The van der Waals surface area contributed by atoms with Crippen LogP contribution < -0.4 is 20.7 Å². The molecule has 3 rings (SSSR count). The number of carbonyl (C=O) groups is 3. The van der Waals surface area contributed by atoms with E-state index in [1.54, 1.807) is 30.3 Å². The van der Waals surface area contributed by atoms with Crippen LogP contribution in [0.25, 0.3) is 0 Å². The van der Waals surface area contributed by atoms with Crippen LogP contribution in [-0.4, -0.2) is 48.4 Å². The quantitative estimate of drug-likeness (QED) is 0.243. The van der Waals surface area contributed by atoms with Crippen molar-refractivity contribution >= 4 is 62.1 Å². The molecule has 11 nitrogen and oxygen atoms in total. The summed E-state index contributed by atoms with van der Waals surface area (Å²) >= 11 is 5.99. The number of nitrogens with one attached hydrogen (secondary N) is 5. The van der Waals surface area contributed by atoms with E-state index < -0.39 is 33.9 Å². The van der Waals surface area contributed by atoms with E-state index in [0.717, 1.165) is 16.9 Å². The number of carbonyl (C=O) groups excluding carboxylic acids is 3. The Morgan fingerprint density at radius 3 is 2.28 bits per heavy atom. The number of amides is 3. The molecule has 1 aromatic heterocycles. The number of sulfonamides is 1. The van der Waals surface area contributed by atoms with Crippen molar-refractivity contribution in [3.63, 3.8) is 0 Å². The molecule has 1 heterocycles. The van der Waals surface area contributed by atoms with Gasteiger partial charge in [0.1, 0.15) is 12.1 Å². The molecule has 0 radical (unpaired) electrons. The lowest BCUT2D eigenvalue weighted by atomic mass is 10.1. The van der Waals surface area contributed by atoms with Gasteiger partial charge in [-0.25, -0.2) is 8.42 Å². The zero-order valence-corrected chi connectivity index (χ0v) is 21.7. The van der Waals surface area contributed by atoms with Gasteiger partial charge in [-0.2, -0.15) is 4.72 Å². The summed E-state index contributed by atoms with van der Waals surface area (Å²) in [6, 6.07) is 12.2. The van der Waals surface area contributed by atoms with Crippen LogP contribution >= 0.6 is 23.6 Å². The minimum absolute atomic E-state index is 0.0466. The molecule has 2 atom stereocenters. The first-order chi connectivity index (χ1) is 17.0. The highest BCUT2D eigenvalue weighted by atomic mass is 32.2. The van der Waals surface area contributed by atoms with Gasteiger partial charge in [0.15, 0.2) is 3.95 Å². The van der Waals surface area contributed by atoms with Crippen LogP contribution in [0, 0.1) is 3.95 Å². The average molecular weight is 549 g/mol. The summed E-state index contributed by atoms with van der Waals surface area (Å²) in [4.78, 5) is 36.7. The van der Waals surface area contributed by atoms with Crippen molar-refractivity contribution < 1.29 is 22.8 Å². The third-order valence-electron chi connectivity index (χ3n) is 4.80. The fourth-order valence-corrected chi connectivity index (χ4v) is 5.08. The van der Waals surface area contributed by atoms with E-state index in [0.29, 0.717) is 9.64 Å². The number of rotatable bonds is 10. The molecule has 0 aliphatic carbocycles. The van der Waals surface area contributed by atoms with Crippen LogP contribution in [0.3, 0.4) is 0 Å². The van der Waals surface area contributed by atoms with Crippen LogP contribution in [-0.2, 0) is 30.8 Å². The molecule has 2 aromatic carbocycles. The Balaban J connectivity index is 1.76. The number of benzene rings is 2. The van der Waals surface area contributed by atoms with E-state index in [1.807, 2.05) is 0 Å². The molecule has 0 bridgehead atoms. The summed E-state index contributed by atoms with van der Waals surface area (Å²) in [6.07, 6.45) is 0.0466. The van der Waals surface area contributed by atoms with Crippen molar-refractivity contribution in [1.82, 2.24) is 20.2 Å². The Bertz CT molecular complexity index is 1390. The van der Waals surface area contributed by atoms with Crippen LogP contribution in [0.2, 0.25) is 0 Å². The fraction of sp³-hybridized carbons (Fsp3) is 0.227. The topological polar surface area (TPSA) is 162 Å². The summed E-state index contributed by atoms with van der Waals surface area (Å²) in [7, 11) is -4.12. The standard InChI is InChI=1S/C22H24N6O5S3/c1-13(19(30)25-21-26-27-22(34)35-21)23-20(31)18(12-15-6-4-3-5-7-15)28-36(32,33)17-10-8-16(9-11-17)24-14(2)29/h3-11,13,18,28H,12H2,1-2H3,(H,23,31)(H,24,29)(H,27,34)(H,25,26,30)/t13-,18-/m0/s1. The number of hydrogen-bond acceptors (Lipinski definition) is 8. The van der Waals surface area contributed by atoms with Crippen molar-refractivity contribution in [3.05, 3.63) is 64.1 Å². The maximum Gasteiger partial charge on any atom is 0.248 e. The van der Waals surface area contributed by atoms with Crippen LogP contribution in [0.5, 0.6) is 0 Å².